The van der Waals surface area contributed by atoms with E-state index in [1.54, 1.807) is 0 Å². The number of carboxylic acid groups (broad SMARTS) is 1. The van der Waals surface area contributed by atoms with Gasteiger partial charge in [-0.25, -0.2) is 9.59 Å². The van der Waals surface area contributed by atoms with Gasteiger partial charge in [-0.2, -0.15) is 0 Å². The number of carboxylic acids is 1. The molecule has 0 unspecified atom stereocenters. The van der Waals surface area contributed by atoms with Crippen LogP contribution in [-0.2, 0) is 4.79 Å². The van der Waals surface area contributed by atoms with Crippen LogP contribution >= 0.6 is 0 Å². The normalized spacial score (nSPS) is 22.7. The Bertz CT molecular complexity index is 351. The number of carbonyl (C=O) groups is 2. The summed E-state index contributed by atoms with van der Waals surface area (Å²) in [5.41, 5.74) is -1.06. The molecule has 0 aromatic rings. The highest BCUT2D eigenvalue weighted by Gasteiger charge is 2.41. The highest BCUT2D eigenvalue weighted by Crippen LogP contribution is 2.28. The van der Waals surface area contributed by atoms with Crippen LogP contribution in [0.4, 0.5) is 4.79 Å². The van der Waals surface area contributed by atoms with Gasteiger partial charge in [0.2, 0.25) is 0 Å². The summed E-state index contributed by atoms with van der Waals surface area (Å²) in [6.45, 7) is 0. The number of hydrogen-bond acceptors (Lipinski definition) is 2. The number of carbonyl (C=O) groups excluding carboxylic acids is 1. The number of amides is 2. The second kappa shape index (κ2) is 5.42. The Hall–Kier alpha value is -1.52. The zero-order valence-corrected chi connectivity index (χ0v) is 10.4. The fourth-order valence-corrected chi connectivity index (χ4v) is 2.72. The van der Waals surface area contributed by atoms with Gasteiger partial charge in [-0.1, -0.05) is 31.4 Å². The molecular weight excluding hydrogens is 232 g/mol. The summed E-state index contributed by atoms with van der Waals surface area (Å²) in [6.07, 6.45) is 9.52. The Morgan fingerprint density at radius 1 is 1.11 bits per heavy atom. The van der Waals surface area contributed by atoms with Crippen molar-refractivity contribution in [3.63, 3.8) is 0 Å². The molecule has 0 aromatic heterocycles. The second-order valence-electron chi connectivity index (χ2n) is 5.19. The van der Waals surface area contributed by atoms with E-state index in [1.807, 2.05) is 12.2 Å². The molecule has 0 aromatic carbocycles. The van der Waals surface area contributed by atoms with E-state index in [9.17, 15) is 14.7 Å². The summed E-state index contributed by atoms with van der Waals surface area (Å²) in [5, 5.41) is 14.9. The lowest BCUT2D eigenvalue weighted by molar-refractivity contribution is -0.145. The van der Waals surface area contributed by atoms with Crippen molar-refractivity contribution in [2.24, 2.45) is 0 Å². The van der Waals surface area contributed by atoms with E-state index in [2.05, 4.69) is 10.6 Å². The SMILES string of the molecule is O=C(NC1CC=CC1)NC1(C(=O)O)CCCCC1. The molecule has 2 aliphatic carbocycles. The van der Waals surface area contributed by atoms with Gasteiger partial charge in [0, 0.05) is 6.04 Å². The van der Waals surface area contributed by atoms with E-state index in [0.29, 0.717) is 12.8 Å². The Morgan fingerprint density at radius 2 is 1.72 bits per heavy atom. The molecule has 0 radical (unpaired) electrons. The zero-order chi connectivity index (χ0) is 13.0. The van der Waals surface area contributed by atoms with Crippen molar-refractivity contribution in [1.29, 1.82) is 0 Å². The van der Waals surface area contributed by atoms with Crippen LogP contribution in [0.15, 0.2) is 12.2 Å². The van der Waals surface area contributed by atoms with Crippen molar-refractivity contribution in [2.75, 3.05) is 0 Å². The molecule has 1 fully saturated rings. The van der Waals surface area contributed by atoms with Crippen LogP contribution in [0.2, 0.25) is 0 Å². The van der Waals surface area contributed by atoms with Gasteiger partial charge in [0.15, 0.2) is 0 Å². The Morgan fingerprint density at radius 3 is 2.28 bits per heavy atom. The lowest BCUT2D eigenvalue weighted by Crippen LogP contribution is -2.59. The molecule has 0 aliphatic heterocycles. The maximum absolute atomic E-state index is 11.9. The largest absolute Gasteiger partial charge is 0.480 e. The van der Waals surface area contributed by atoms with E-state index >= 15 is 0 Å². The molecule has 2 aliphatic rings. The van der Waals surface area contributed by atoms with Gasteiger partial charge in [0.05, 0.1) is 0 Å². The van der Waals surface area contributed by atoms with Gasteiger partial charge >= 0.3 is 12.0 Å². The first-order valence-electron chi connectivity index (χ1n) is 6.59. The molecule has 1 saturated carbocycles. The first kappa shape index (κ1) is 12.9. The molecule has 5 heteroatoms. The van der Waals surface area contributed by atoms with Crippen LogP contribution in [0.1, 0.15) is 44.9 Å². The fraction of sp³-hybridized carbons (Fsp3) is 0.692. The molecule has 2 rings (SSSR count). The van der Waals surface area contributed by atoms with Crippen LogP contribution in [0.5, 0.6) is 0 Å². The maximum atomic E-state index is 11.9. The Labute approximate surface area is 107 Å². The first-order chi connectivity index (χ1) is 8.62. The Balaban J connectivity index is 1.91. The molecule has 0 bridgehead atoms. The molecule has 0 spiro atoms. The smallest absolute Gasteiger partial charge is 0.329 e. The van der Waals surface area contributed by atoms with Crippen LogP contribution in [0.3, 0.4) is 0 Å². The molecule has 100 valence electrons. The average molecular weight is 252 g/mol. The fourth-order valence-electron chi connectivity index (χ4n) is 2.72. The molecule has 0 saturated heterocycles. The van der Waals surface area contributed by atoms with Gasteiger partial charge in [0.25, 0.3) is 0 Å². The molecule has 3 N–H and O–H groups in total. The van der Waals surface area contributed by atoms with Crippen molar-refractivity contribution in [3.8, 4) is 0 Å². The van der Waals surface area contributed by atoms with Crippen LogP contribution in [0.25, 0.3) is 0 Å². The van der Waals surface area contributed by atoms with Crippen molar-refractivity contribution in [1.82, 2.24) is 10.6 Å². The average Bonchev–Trinajstić information content (AvgIpc) is 2.82. The summed E-state index contributed by atoms with van der Waals surface area (Å²) >= 11 is 0. The zero-order valence-electron chi connectivity index (χ0n) is 10.4. The van der Waals surface area contributed by atoms with E-state index in [0.717, 1.165) is 32.1 Å². The minimum atomic E-state index is -1.06. The van der Waals surface area contributed by atoms with E-state index < -0.39 is 11.5 Å². The quantitative estimate of drug-likeness (QED) is 0.670. The van der Waals surface area contributed by atoms with E-state index in [1.165, 1.54) is 0 Å². The topological polar surface area (TPSA) is 78.4 Å². The predicted molar refractivity (Wildman–Crippen MR) is 67.3 cm³/mol. The highest BCUT2D eigenvalue weighted by molar-refractivity contribution is 5.86. The number of rotatable bonds is 3. The molecule has 18 heavy (non-hydrogen) atoms. The predicted octanol–water partition coefficient (Wildman–Crippen LogP) is 1.79. The summed E-state index contributed by atoms with van der Waals surface area (Å²) in [6, 6.07) is -0.243. The van der Waals surface area contributed by atoms with E-state index in [4.69, 9.17) is 0 Å². The summed E-state index contributed by atoms with van der Waals surface area (Å²) < 4.78 is 0. The Kier molecular flexibility index (Phi) is 3.89. The minimum Gasteiger partial charge on any atom is -0.480 e. The molecule has 0 heterocycles. The maximum Gasteiger partial charge on any atom is 0.329 e. The third-order valence-corrected chi connectivity index (χ3v) is 3.81. The minimum absolute atomic E-state index is 0.111. The monoisotopic (exact) mass is 252 g/mol. The van der Waals surface area contributed by atoms with Gasteiger partial charge in [-0.05, 0) is 25.7 Å². The molecule has 0 atom stereocenters. The summed E-state index contributed by atoms with van der Waals surface area (Å²) in [4.78, 5) is 23.3. The van der Waals surface area contributed by atoms with Crippen molar-refractivity contribution < 1.29 is 14.7 Å². The van der Waals surface area contributed by atoms with Gasteiger partial charge in [-0.15, -0.1) is 0 Å². The number of aliphatic carboxylic acids is 1. The van der Waals surface area contributed by atoms with Crippen molar-refractivity contribution >= 4 is 12.0 Å². The molecule has 5 nitrogen and oxygen atoms in total. The standard InChI is InChI=1S/C13H20N2O3/c16-11(17)13(8-4-1-5-9-13)15-12(18)14-10-6-2-3-7-10/h2-3,10H,1,4-9H2,(H,16,17)(H2,14,15,18). The first-order valence-corrected chi connectivity index (χ1v) is 6.59. The molecular formula is C13H20N2O3. The number of urea groups is 1. The summed E-state index contributed by atoms with van der Waals surface area (Å²) in [7, 11) is 0. The highest BCUT2D eigenvalue weighted by atomic mass is 16.4. The van der Waals surface area contributed by atoms with Crippen LogP contribution in [0, 0.1) is 0 Å². The third-order valence-electron chi connectivity index (χ3n) is 3.81. The van der Waals surface area contributed by atoms with E-state index in [-0.39, 0.29) is 12.1 Å². The second-order valence-corrected chi connectivity index (χ2v) is 5.19. The van der Waals surface area contributed by atoms with Gasteiger partial charge in [0.1, 0.15) is 5.54 Å². The van der Waals surface area contributed by atoms with Crippen molar-refractivity contribution in [2.45, 2.75) is 56.5 Å². The number of nitrogens with one attached hydrogen (secondary N) is 2. The third kappa shape index (κ3) is 2.83. The number of hydrogen-bond donors (Lipinski definition) is 3. The van der Waals surface area contributed by atoms with Crippen LogP contribution in [-0.4, -0.2) is 28.7 Å². The van der Waals surface area contributed by atoms with Crippen molar-refractivity contribution in [3.05, 3.63) is 12.2 Å². The lowest BCUT2D eigenvalue weighted by atomic mass is 9.82. The summed E-state index contributed by atoms with van der Waals surface area (Å²) in [5.74, 6) is -0.915. The van der Waals surface area contributed by atoms with Crippen LogP contribution < -0.4 is 10.6 Å². The van der Waals surface area contributed by atoms with Gasteiger partial charge in [-0.3, -0.25) is 0 Å². The molecule has 2 amide bonds. The lowest BCUT2D eigenvalue weighted by Gasteiger charge is -2.34. The van der Waals surface area contributed by atoms with Gasteiger partial charge < -0.3 is 15.7 Å².